The fraction of sp³-hybridized carbons (Fsp3) is 0.250. The van der Waals surface area contributed by atoms with E-state index in [1.165, 1.54) is 0 Å². The Labute approximate surface area is 181 Å². The maximum absolute atomic E-state index is 12.5. The number of carbonyl (C=O) groups excluding carboxylic acids is 1. The van der Waals surface area contributed by atoms with Crippen LogP contribution < -0.4 is 14.4 Å². The first-order valence-corrected chi connectivity index (χ1v) is 10.8. The highest BCUT2D eigenvalue weighted by Gasteiger charge is 2.35. The third-order valence-electron chi connectivity index (χ3n) is 3.89. The molecule has 1 atom stereocenters. The molecule has 0 spiro atoms. The van der Waals surface area contributed by atoms with Crippen molar-refractivity contribution >= 4 is 57.5 Å². The van der Waals surface area contributed by atoms with Crippen LogP contribution in [0.4, 0.5) is 5.69 Å². The van der Waals surface area contributed by atoms with Gasteiger partial charge in [0.05, 0.1) is 15.9 Å². The van der Waals surface area contributed by atoms with E-state index in [9.17, 15) is 4.79 Å². The van der Waals surface area contributed by atoms with Gasteiger partial charge in [0.25, 0.3) is 0 Å². The zero-order chi connectivity index (χ0) is 19.4. The number of benzene rings is 2. The van der Waals surface area contributed by atoms with Gasteiger partial charge in [-0.25, -0.2) is 0 Å². The van der Waals surface area contributed by atoms with Crippen LogP contribution in [-0.4, -0.2) is 24.9 Å². The van der Waals surface area contributed by atoms with Gasteiger partial charge in [0.1, 0.15) is 12.0 Å². The molecule has 1 saturated heterocycles. The highest BCUT2D eigenvalue weighted by Crippen LogP contribution is 2.45. The minimum absolute atomic E-state index is 0.0629. The summed E-state index contributed by atoms with van der Waals surface area (Å²) in [6, 6.07) is 11.2. The standard InChI is InChI=1S/C20H17ClINO3S/c1-3-9-26-19-16(22)10-13(11-17(19)25-4-2)20-23(18(24)12-27-20)15-7-5-14(21)6-8-15/h1,5-8,10-11,20H,4,9,12H2,2H3/t20-/m0/s1. The lowest BCUT2D eigenvalue weighted by Gasteiger charge is -2.25. The minimum Gasteiger partial charge on any atom is -0.490 e. The van der Waals surface area contributed by atoms with Crippen molar-refractivity contribution < 1.29 is 14.3 Å². The highest BCUT2D eigenvalue weighted by molar-refractivity contribution is 14.1. The summed E-state index contributed by atoms with van der Waals surface area (Å²) in [5.41, 5.74) is 1.79. The van der Waals surface area contributed by atoms with Crippen molar-refractivity contribution in [3.8, 4) is 23.8 Å². The van der Waals surface area contributed by atoms with E-state index < -0.39 is 0 Å². The number of rotatable bonds is 6. The Morgan fingerprint density at radius 2 is 2.07 bits per heavy atom. The summed E-state index contributed by atoms with van der Waals surface area (Å²) < 4.78 is 12.3. The van der Waals surface area contributed by atoms with E-state index in [0.717, 1.165) is 14.8 Å². The van der Waals surface area contributed by atoms with Crippen molar-refractivity contribution in [3.63, 3.8) is 0 Å². The summed E-state index contributed by atoms with van der Waals surface area (Å²) >= 11 is 9.78. The molecule has 1 amide bonds. The van der Waals surface area contributed by atoms with Crippen molar-refractivity contribution in [1.29, 1.82) is 0 Å². The number of amides is 1. The Hall–Kier alpha value is -1.56. The second kappa shape index (κ2) is 9.09. The fourth-order valence-electron chi connectivity index (χ4n) is 2.80. The third kappa shape index (κ3) is 4.48. The summed E-state index contributed by atoms with van der Waals surface area (Å²) in [5, 5.41) is 0.492. The SMILES string of the molecule is C#CCOc1c(I)cc([C@@H]2SCC(=O)N2c2ccc(Cl)cc2)cc1OCC. The molecule has 7 heteroatoms. The van der Waals surface area contributed by atoms with Crippen molar-refractivity contribution in [3.05, 3.63) is 50.6 Å². The van der Waals surface area contributed by atoms with E-state index >= 15 is 0 Å². The average molecular weight is 514 g/mol. The summed E-state index contributed by atoms with van der Waals surface area (Å²) in [6.45, 7) is 2.59. The normalized spacial score (nSPS) is 16.3. The monoisotopic (exact) mass is 513 g/mol. The summed E-state index contributed by atoms with van der Waals surface area (Å²) in [7, 11) is 0. The van der Waals surface area contributed by atoms with Gasteiger partial charge in [0.2, 0.25) is 5.91 Å². The molecule has 0 N–H and O–H groups in total. The second-order valence-corrected chi connectivity index (χ2v) is 8.33. The van der Waals surface area contributed by atoms with Crippen LogP contribution in [0, 0.1) is 15.9 Å². The molecular weight excluding hydrogens is 497 g/mol. The molecule has 0 bridgehead atoms. The number of anilines is 1. The Morgan fingerprint density at radius 1 is 1.33 bits per heavy atom. The molecule has 27 heavy (non-hydrogen) atoms. The molecule has 3 rings (SSSR count). The van der Waals surface area contributed by atoms with Gasteiger partial charge in [0.15, 0.2) is 11.5 Å². The van der Waals surface area contributed by atoms with E-state index in [-0.39, 0.29) is 17.9 Å². The number of ether oxygens (including phenoxy) is 2. The maximum atomic E-state index is 12.5. The Bertz CT molecular complexity index is 882. The second-order valence-electron chi connectivity index (χ2n) is 5.66. The number of nitrogens with zero attached hydrogens (tertiary/aromatic N) is 1. The zero-order valence-corrected chi connectivity index (χ0v) is 18.3. The molecule has 0 aliphatic carbocycles. The first kappa shape index (κ1) is 20.2. The fourth-order valence-corrected chi connectivity index (χ4v) is 4.86. The quantitative estimate of drug-likeness (QED) is 0.396. The van der Waals surface area contributed by atoms with Crippen LogP contribution in [0.3, 0.4) is 0 Å². The zero-order valence-electron chi connectivity index (χ0n) is 14.6. The van der Waals surface area contributed by atoms with Crippen molar-refractivity contribution in [2.45, 2.75) is 12.3 Å². The predicted molar refractivity (Wildman–Crippen MR) is 119 cm³/mol. The molecule has 0 radical (unpaired) electrons. The number of hydrogen-bond acceptors (Lipinski definition) is 4. The molecular formula is C20H17ClINO3S. The van der Waals surface area contributed by atoms with Gasteiger partial charge in [-0.3, -0.25) is 9.69 Å². The summed E-state index contributed by atoms with van der Waals surface area (Å²) in [5.74, 6) is 4.22. The maximum Gasteiger partial charge on any atom is 0.238 e. The molecule has 1 heterocycles. The molecule has 1 aliphatic rings. The molecule has 1 aliphatic heterocycles. The molecule has 1 fully saturated rings. The van der Waals surface area contributed by atoms with Gasteiger partial charge in [-0.05, 0) is 71.5 Å². The van der Waals surface area contributed by atoms with Gasteiger partial charge in [-0.1, -0.05) is 17.5 Å². The smallest absolute Gasteiger partial charge is 0.238 e. The van der Waals surface area contributed by atoms with E-state index in [1.54, 1.807) is 28.8 Å². The van der Waals surface area contributed by atoms with Crippen LogP contribution >= 0.6 is 46.0 Å². The van der Waals surface area contributed by atoms with Crippen LogP contribution in [0.5, 0.6) is 11.5 Å². The van der Waals surface area contributed by atoms with Gasteiger partial charge in [-0.15, -0.1) is 18.2 Å². The van der Waals surface area contributed by atoms with Gasteiger partial charge >= 0.3 is 0 Å². The minimum atomic E-state index is -0.145. The first-order chi connectivity index (χ1) is 13.0. The largest absolute Gasteiger partial charge is 0.490 e. The molecule has 2 aromatic rings. The van der Waals surface area contributed by atoms with Gasteiger partial charge in [-0.2, -0.15) is 0 Å². The summed E-state index contributed by atoms with van der Waals surface area (Å²) in [4.78, 5) is 14.3. The summed E-state index contributed by atoms with van der Waals surface area (Å²) in [6.07, 6.45) is 5.31. The number of halogens is 2. The molecule has 0 unspecified atom stereocenters. The Kier molecular flexibility index (Phi) is 6.79. The van der Waals surface area contributed by atoms with Crippen LogP contribution in [0.25, 0.3) is 0 Å². The van der Waals surface area contributed by atoms with Crippen molar-refractivity contribution in [1.82, 2.24) is 0 Å². The Morgan fingerprint density at radius 3 is 2.74 bits per heavy atom. The topological polar surface area (TPSA) is 38.8 Å². The van der Waals surface area contributed by atoms with Gasteiger partial charge < -0.3 is 9.47 Å². The van der Waals surface area contributed by atoms with E-state index in [0.29, 0.717) is 28.9 Å². The average Bonchev–Trinajstić information content (AvgIpc) is 3.03. The molecule has 4 nitrogen and oxygen atoms in total. The number of thioether (sulfide) groups is 1. The van der Waals surface area contributed by atoms with Crippen LogP contribution in [-0.2, 0) is 4.79 Å². The van der Waals surface area contributed by atoms with Crippen molar-refractivity contribution in [2.24, 2.45) is 0 Å². The number of carbonyl (C=O) groups is 1. The third-order valence-corrected chi connectivity index (χ3v) is 6.15. The van der Waals surface area contributed by atoms with Crippen LogP contribution in [0.15, 0.2) is 36.4 Å². The lowest BCUT2D eigenvalue weighted by molar-refractivity contribution is -0.115. The molecule has 2 aromatic carbocycles. The molecule has 0 aromatic heterocycles. The van der Waals surface area contributed by atoms with Crippen molar-refractivity contribution in [2.75, 3.05) is 23.9 Å². The lowest BCUT2D eigenvalue weighted by atomic mass is 10.1. The van der Waals surface area contributed by atoms with Gasteiger partial charge in [0, 0.05) is 10.7 Å². The first-order valence-electron chi connectivity index (χ1n) is 8.27. The molecule has 0 saturated carbocycles. The van der Waals surface area contributed by atoms with E-state index in [4.69, 9.17) is 27.5 Å². The Balaban J connectivity index is 1.99. The number of hydrogen-bond donors (Lipinski definition) is 0. The lowest BCUT2D eigenvalue weighted by Crippen LogP contribution is -2.27. The highest BCUT2D eigenvalue weighted by atomic mass is 127. The predicted octanol–water partition coefficient (Wildman–Crippen LogP) is 5.13. The van der Waals surface area contributed by atoms with E-state index in [2.05, 4.69) is 28.5 Å². The molecule has 140 valence electrons. The van der Waals surface area contributed by atoms with E-state index in [1.807, 2.05) is 31.2 Å². The van der Waals surface area contributed by atoms with Crippen LogP contribution in [0.1, 0.15) is 17.9 Å². The number of terminal acetylenes is 1. The van der Waals surface area contributed by atoms with Crippen LogP contribution in [0.2, 0.25) is 5.02 Å².